The predicted octanol–water partition coefficient (Wildman–Crippen LogP) is 6.53. The van der Waals surface area contributed by atoms with Crippen LogP contribution < -0.4 is 10.6 Å². The van der Waals surface area contributed by atoms with Gasteiger partial charge in [0.2, 0.25) is 0 Å². The molecule has 0 aliphatic heterocycles. The van der Waals surface area contributed by atoms with E-state index in [1.807, 2.05) is 36.5 Å². The summed E-state index contributed by atoms with van der Waals surface area (Å²) < 4.78 is 0. The number of fused-ring (bicyclic) bond motifs is 1. The number of urea groups is 1. The number of rotatable bonds is 4. The van der Waals surface area contributed by atoms with Crippen LogP contribution in [-0.4, -0.2) is 11.0 Å². The number of hydrogen-bond donors (Lipinski definition) is 2. The molecular formula is C23H17Cl2N3O. The first kappa shape index (κ1) is 19.2. The maximum Gasteiger partial charge on any atom is 0.319 e. The zero-order valence-corrected chi connectivity index (χ0v) is 16.8. The van der Waals surface area contributed by atoms with Gasteiger partial charge < -0.3 is 10.6 Å². The van der Waals surface area contributed by atoms with Gasteiger partial charge in [-0.1, -0.05) is 65.7 Å². The van der Waals surface area contributed by atoms with E-state index in [9.17, 15) is 4.79 Å². The summed E-state index contributed by atoms with van der Waals surface area (Å²) in [4.78, 5) is 16.6. The Labute approximate surface area is 178 Å². The molecule has 0 bridgehead atoms. The van der Waals surface area contributed by atoms with E-state index in [-0.39, 0.29) is 6.03 Å². The molecule has 6 heteroatoms. The Morgan fingerprint density at radius 2 is 1.72 bits per heavy atom. The molecule has 1 aromatic heterocycles. The summed E-state index contributed by atoms with van der Waals surface area (Å²) in [7, 11) is 0. The van der Waals surface area contributed by atoms with Gasteiger partial charge in [0.1, 0.15) is 0 Å². The van der Waals surface area contributed by atoms with Crippen LogP contribution in [-0.2, 0) is 6.54 Å². The monoisotopic (exact) mass is 421 g/mol. The average Bonchev–Trinajstić information content (AvgIpc) is 2.75. The van der Waals surface area contributed by atoms with Gasteiger partial charge in [-0.15, -0.1) is 0 Å². The lowest BCUT2D eigenvalue weighted by Gasteiger charge is -2.13. The van der Waals surface area contributed by atoms with Gasteiger partial charge in [0, 0.05) is 30.0 Å². The third-order valence-corrected chi connectivity index (χ3v) is 5.35. The molecule has 0 spiro atoms. The van der Waals surface area contributed by atoms with Gasteiger partial charge in [0.15, 0.2) is 0 Å². The van der Waals surface area contributed by atoms with E-state index in [4.69, 9.17) is 23.2 Å². The van der Waals surface area contributed by atoms with Gasteiger partial charge in [0.05, 0.1) is 10.0 Å². The molecule has 2 amide bonds. The van der Waals surface area contributed by atoms with Crippen LogP contribution in [0.2, 0.25) is 10.0 Å². The summed E-state index contributed by atoms with van der Waals surface area (Å²) in [5.41, 5.74) is 3.83. The maximum absolute atomic E-state index is 12.3. The van der Waals surface area contributed by atoms with Crippen molar-refractivity contribution in [3.63, 3.8) is 0 Å². The minimum absolute atomic E-state index is 0.326. The number of pyridine rings is 1. The number of carbonyl (C=O) groups excluding carboxylic acids is 1. The second kappa shape index (κ2) is 8.52. The lowest BCUT2D eigenvalue weighted by molar-refractivity contribution is 0.252. The Bertz CT molecular complexity index is 1180. The van der Waals surface area contributed by atoms with E-state index in [2.05, 4.69) is 33.8 Å². The summed E-state index contributed by atoms with van der Waals surface area (Å²) in [5, 5.41) is 8.56. The molecule has 2 N–H and O–H groups in total. The van der Waals surface area contributed by atoms with Crippen molar-refractivity contribution in [3.8, 4) is 11.1 Å². The standard InChI is InChI=1S/C23H17Cl2N3O/c24-21-9-7-17(12-22(21)25)28-23(29)27-13-16-6-8-18(15-4-2-1-3-5-15)19-10-11-26-14-20(16)19/h1-12,14H,13H2,(H2,27,28,29). The Hall–Kier alpha value is -3.08. The van der Waals surface area contributed by atoms with Crippen molar-refractivity contribution >= 4 is 45.7 Å². The Morgan fingerprint density at radius 1 is 0.897 bits per heavy atom. The molecule has 4 rings (SSSR count). The number of nitrogens with zero attached hydrogens (tertiary/aromatic N) is 1. The van der Waals surface area contributed by atoms with E-state index < -0.39 is 0 Å². The highest BCUT2D eigenvalue weighted by Crippen LogP contribution is 2.30. The van der Waals surface area contributed by atoms with E-state index >= 15 is 0 Å². The van der Waals surface area contributed by atoms with E-state index in [1.54, 1.807) is 24.4 Å². The molecule has 0 atom stereocenters. The van der Waals surface area contributed by atoms with Gasteiger partial charge >= 0.3 is 6.03 Å². The second-order valence-electron chi connectivity index (χ2n) is 6.50. The third kappa shape index (κ3) is 4.34. The molecule has 4 aromatic rings. The van der Waals surface area contributed by atoms with Crippen molar-refractivity contribution in [2.75, 3.05) is 5.32 Å². The zero-order valence-electron chi connectivity index (χ0n) is 15.3. The van der Waals surface area contributed by atoms with Crippen LogP contribution in [0.1, 0.15) is 5.56 Å². The van der Waals surface area contributed by atoms with E-state index in [0.29, 0.717) is 22.3 Å². The molecule has 1 heterocycles. The first-order valence-electron chi connectivity index (χ1n) is 9.03. The highest BCUT2D eigenvalue weighted by molar-refractivity contribution is 6.42. The molecule has 0 aliphatic carbocycles. The van der Waals surface area contributed by atoms with E-state index in [0.717, 1.165) is 27.5 Å². The zero-order chi connectivity index (χ0) is 20.2. The highest BCUT2D eigenvalue weighted by atomic mass is 35.5. The lowest BCUT2D eigenvalue weighted by atomic mass is 9.96. The third-order valence-electron chi connectivity index (χ3n) is 4.61. The number of halogens is 2. The molecular weight excluding hydrogens is 405 g/mol. The second-order valence-corrected chi connectivity index (χ2v) is 7.31. The fraction of sp³-hybridized carbons (Fsp3) is 0.0435. The maximum atomic E-state index is 12.3. The van der Waals surface area contributed by atoms with Gasteiger partial charge in [-0.05, 0) is 46.3 Å². The predicted molar refractivity (Wildman–Crippen MR) is 119 cm³/mol. The molecule has 0 saturated carbocycles. The molecule has 0 fully saturated rings. The summed E-state index contributed by atoms with van der Waals surface area (Å²) in [6.45, 7) is 0.365. The molecule has 3 aromatic carbocycles. The van der Waals surface area contributed by atoms with Crippen molar-refractivity contribution in [2.45, 2.75) is 6.54 Å². The minimum atomic E-state index is -0.326. The fourth-order valence-corrected chi connectivity index (χ4v) is 3.50. The highest BCUT2D eigenvalue weighted by Gasteiger charge is 2.10. The molecule has 29 heavy (non-hydrogen) atoms. The van der Waals surface area contributed by atoms with Gasteiger partial charge in [0.25, 0.3) is 0 Å². The van der Waals surface area contributed by atoms with Crippen LogP contribution in [0.4, 0.5) is 10.5 Å². The van der Waals surface area contributed by atoms with Crippen LogP contribution in [0.5, 0.6) is 0 Å². The van der Waals surface area contributed by atoms with Crippen molar-refractivity contribution in [2.24, 2.45) is 0 Å². The van der Waals surface area contributed by atoms with Gasteiger partial charge in [-0.25, -0.2) is 4.79 Å². The number of hydrogen-bond acceptors (Lipinski definition) is 2. The van der Waals surface area contributed by atoms with Gasteiger partial charge in [-0.2, -0.15) is 0 Å². The summed E-state index contributed by atoms with van der Waals surface area (Å²) >= 11 is 11.9. The number of amides is 2. The summed E-state index contributed by atoms with van der Waals surface area (Å²) in [6.07, 6.45) is 3.61. The lowest BCUT2D eigenvalue weighted by Crippen LogP contribution is -2.28. The molecule has 4 nitrogen and oxygen atoms in total. The fourth-order valence-electron chi connectivity index (χ4n) is 3.20. The quantitative estimate of drug-likeness (QED) is 0.393. The number of anilines is 1. The number of nitrogens with one attached hydrogen (secondary N) is 2. The Kier molecular flexibility index (Phi) is 5.65. The smallest absolute Gasteiger partial charge is 0.319 e. The van der Waals surface area contributed by atoms with Crippen LogP contribution in [0.3, 0.4) is 0 Å². The average molecular weight is 422 g/mol. The molecule has 0 aliphatic rings. The Morgan fingerprint density at radius 3 is 2.52 bits per heavy atom. The normalized spacial score (nSPS) is 10.7. The first-order chi connectivity index (χ1) is 14.1. The minimum Gasteiger partial charge on any atom is -0.334 e. The number of aromatic nitrogens is 1. The largest absolute Gasteiger partial charge is 0.334 e. The van der Waals surface area contributed by atoms with Crippen molar-refractivity contribution in [1.29, 1.82) is 0 Å². The summed E-state index contributed by atoms with van der Waals surface area (Å²) in [5.74, 6) is 0. The van der Waals surface area contributed by atoms with Crippen LogP contribution in [0, 0.1) is 0 Å². The molecule has 0 unspecified atom stereocenters. The van der Waals surface area contributed by atoms with Crippen molar-refractivity contribution in [1.82, 2.24) is 10.3 Å². The Balaban J connectivity index is 1.54. The number of benzene rings is 3. The van der Waals surface area contributed by atoms with Crippen LogP contribution in [0.15, 0.2) is 79.1 Å². The molecule has 0 saturated heterocycles. The van der Waals surface area contributed by atoms with Gasteiger partial charge in [-0.3, -0.25) is 4.98 Å². The summed E-state index contributed by atoms with van der Waals surface area (Å²) in [6, 6.07) is 20.9. The molecule has 0 radical (unpaired) electrons. The number of carbonyl (C=O) groups is 1. The van der Waals surface area contributed by atoms with Crippen LogP contribution in [0.25, 0.3) is 21.9 Å². The SMILES string of the molecule is O=C(NCc1ccc(-c2ccccc2)c2ccncc12)Nc1ccc(Cl)c(Cl)c1. The van der Waals surface area contributed by atoms with Crippen molar-refractivity contribution in [3.05, 3.63) is 94.7 Å². The van der Waals surface area contributed by atoms with Crippen LogP contribution >= 0.6 is 23.2 Å². The van der Waals surface area contributed by atoms with Crippen molar-refractivity contribution < 1.29 is 4.79 Å². The topological polar surface area (TPSA) is 54.0 Å². The first-order valence-corrected chi connectivity index (χ1v) is 9.78. The van der Waals surface area contributed by atoms with E-state index in [1.165, 1.54) is 0 Å². The molecule has 144 valence electrons.